The van der Waals surface area contributed by atoms with Gasteiger partial charge < -0.3 is 15.4 Å². The molecule has 3 rings (SSSR count). The first-order valence-corrected chi connectivity index (χ1v) is 8.65. The summed E-state index contributed by atoms with van der Waals surface area (Å²) in [5.41, 5.74) is 1.29. The van der Waals surface area contributed by atoms with Gasteiger partial charge in [0.2, 0.25) is 5.91 Å². The van der Waals surface area contributed by atoms with E-state index in [1.165, 1.54) is 22.9 Å². The molecule has 0 spiro atoms. The van der Waals surface area contributed by atoms with Crippen molar-refractivity contribution in [2.45, 2.75) is 26.4 Å². The van der Waals surface area contributed by atoms with Gasteiger partial charge in [-0.2, -0.15) is 9.78 Å². The zero-order chi connectivity index (χ0) is 20.3. The van der Waals surface area contributed by atoms with Gasteiger partial charge in [0, 0.05) is 23.7 Å². The number of benzene rings is 1. The van der Waals surface area contributed by atoms with Crippen molar-refractivity contribution in [3.63, 3.8) is 0 Å². The zero-order valence-electron chi connectivity index (χ0n) is 14.8. The van der Waals surface area contributed by atoms with Crippen LogP contribution in [0.3, 0.4) is 0 Å². The number of nitrogens with one attached hydrogen (secondary N) is 1. The Kier molecular flexibility index (Phi) is 5.69. The number of carbonyl (C=O) groups is 1. The van der Waals surface area contributed by atoms with Crippen LogP contribution in [0.4, 0.5) is 16.0 Å². The van der Waals surface area contributed by atoms with Gasteiger partial charge in [-0.15, -0.1) is 0 Å². The molecule has 0 atom stereocenters. The summed E-state index contributed by atoms with van der Waals surface area (Å²) >= 11 is 6.00. The largest absolute Gasteiger partial charge is 0.390 e. The van der Waals surface area contributed by atoms with Crippen LogP contribution in [-0.2, 0) is 17.9 Å². The number of rotatable bonds is 7. The molecule has 1 aromatic carbocycles. The van der Waals surface area contributed by atoms with Gasteiger partial charge in [-0.05, 0) is 29.5 Å². The lowest BCUT2D eigenvalue weighted by Gasteiger charge is -2.05. The van der Waals surface area contributed by atoms with Crippen LogP contribution in [0.5, 0.6) is 0 Å². The summed E-state index contributed by atoms with van der Waals surface area (Å²) in [6, 6.07) is 7.09. The van der Waals surface area contributed by atoms with Gasteiger partial charge in [0.1, 0.15) is 5.82 Å². The van der Waals surface area contributed by atoms with Gasteiger partial charge in [0.15, 0.2) is 5.82 Å². The molecule has 2 aromatic heterocycles. The van der Waals surface area contributed by atoms with Gasteiger partial charge in [0.05, 0.1) is 29.9 Å². The standard InChI is InChI=1S/C17H16ClFN6O3/c1-11-8-16(25(27)28)22-24(11)7-5-17(26)20-15-4-6-23(21-15)10-12-2-3-13(19)9-14(12)18/h2-4,6,8-9H,5,7,10H2,1H3,(H,20,21,26). The third-order valence-electron chi connectivity index (χ3n) is 3.96. The Morgan fingerprint density at radius 1 is 1.32 bits per heavy atom. The maximum atomic E-state index is 13.1. The second kappa shape index (κ2) is 8.17. The number of halogens is 2. The number of hydrogen-bond acceptors (Lipinski definition) is 5. The number of amides is 1. The molecule has 1 amide bonds. The number of nitrogens with zero attached hydrogens (tertiary/aromatic N) is 5. The van der Waals surface area contributed by atoms with Crippen molar-refractivity contribution in [1.82, 2.24) is 19.6 Å². The van der Waals surface area contributed by atoms with Crippen LogP contribution in [0.25, 0.3) is 0 Å². The number of aryl methyl sites for hydroxylation is 2. The fourth-order valence-electron chi connectivity index (χ4n) is 2.56. The van der Waals surface area contributed by atoms with E-state index >= 15 is 0 Å². The molecule has 0 aliphatic rings. The molecule has 28 heavy (non-hydrogen) atoms. The Morgan fingerprint density at radius 2 is 2.11 bits per heavy atom. The number of anilines is 1. The second-order valence-corrected chi connectivity index (χ2v) is 6.46. The van der Waals surface area contributed by atoms with Gasteiger partial charge in [-0.25, -0.2) is 4.39 Å². The molecule has 0 saturated heterocycles. The molecule has 2 heterocycles. The van der Waals surface area contributed by atoms with E-state index in [0.717, 1.165) is 0 Å². The topological polar surface area (TPSA) is 108 Å². The summed E-state index contributed by atoms with van der Waals surface area (Å²) in [5, 5.41) is 21.7. The van der Waals surface area contributed by atoms with Crippen molar-refractivity contribution in [2.24, 2.45) is 0 Å². The monoisotopic (exact) mass is 406 g/mol. The number of nitro groups is 1. The average molecular weight is 407 g/mol. The first kappa shape index (κ1) is 19.5. The maximum Gasteiger partial charge on any atom is 0.390 e. The molecule has 0 saturated carbocycles. The Morgan fingerprint density at radius 3 is 2.79 bits per heavy atom. The van der Waals surface area contributed by atoms with E-state index in [0.29, 0.717) is 28.6 Å². The van der Waals surface area contributed by atoms with Crippen molar-refractivity contribution in [3.05, 3.63) is 68.7 Å². The highest BCUT2D eigenvalue weighted by atomic mass is 35.5. The predicted molar refractivity (Wildman–Crippen MR) is 99.6 cm³/mol. The van der Waals surface area contributed by atoms with Crippen LogP contribution in [0, 0.1) is 22.9 Å². The lowest BCUT2D eigenvalue weighted by molar-refractivity contribution is -0.389. The van der Waals surface area contributed by atoms with Gasteiger partial charge >= 0.3 is 5.82 Å². The van der Waals surface area contributed by atoms with Gasteiger partial charge in [-0.3, -0.25) is 9.48 Å². The smallest absolute Gasteiger partial charge is 0.358 e. The summed E-state index contributed by atoms with van der Waals surface area (Å²) in [6.45, 7) is 2.21. The Labute approximate surface area is 163 Å². The molecular weight excluding hydrogens is 391 g/mol. The van der Waals surface area contributed by atoms with E-state index in [4.69, 9.17) is 11.6 Å². The predicted octanol–water partition coefficient (Wildman–Crippen LogP) is 3.17. The summed E-state index contributed by atoms with van der Waals surface area (Å²) in [6.07, 6.45) is 1.74. The quantitative estimate of drug-likeness (QED) is 0.479. The fourth-order valence-corrected chi connectivity index (χ4v) is 2.79. The summed E-state index contributed by atoms with van der Waals surface area (Å²) in [7, 11) is 0. The summed E-state index contributed by atoms with van der Waals surface area (Å²) in [4.78, 5) is 22.2. The Balaban J connectivity index is 1.56. The van der Waals surface area contributed by atoms with E-state index in [9.17, 15) is 19.3 Å². The molecule has 1 N–H and O–H groups in total. The SMILES string of the molecule is Cc1cc([N+](=O)[O-])nn1CCC(=O)Nc1ccn(Cc2ccc(F)cc2Cl)n1. The van der Waals surface area contributed by atoms with E-state index in [1.54, 1.807) is 29.9 Å². The van der Waals surface area contributed by atoms with Crippen molar-refractivity contribution in [2.75, 3.05) is 5.32 Å². The second-order valence-electron chi connectivity index (χ2n) is 6.06. The van der Waals surface area contributed by atoms with E-state index in [2.05, 4.69) is 15.5 Å². The molecule has 0 aliphatic heterocycles. The van der Waals surface area contributed by atoms with Crippen LogP contribution >= 0.6 is 11.6 Å². The maximum absolute atomic E-state index is 13.1. The molecule has 0 unspecified atom stereocenters. The van der Waals surface area contributed by atoms with Crippen molar-refractivity contribution < 1.29 is 14.1 Å². The van der Waals surface area contributed by atoms with Crippen LogP contribution in [0.1, 0.15) is 17.7 Å². The van der Waals surface area contributed by atoms with E-state index in [1.807, 2.05) is 0 Å². The Bertz CT molecular complexity index is 1030. The highest BCUT2D eigenvalue weighted by molar-refractivity contribution is 6.31. The third kappa shape index (κ3) is 4.71. The molecule has 3 aromatic rings. The van der Waals surface area contributed by atoms with Gasteiger partial charge in [0.25, 0.3) is 0 Å². The first-order chi connectivity index (χ1) is 13.3. The Hall–Kier alpha value is -3.27. The minimum absolute atomic E-state index is 0.0797. The summed E-state index contributed by atoms with van der Waals surface area (Å²) in [5.74, 6) is -0.620. The number of hydrogen-bond donors (Lipinski definition) is 1. The molecule has 146 valence electrons. The lowest BCUT2D eigenvalue weighted by atomic mass is 10.2. The molecule has 11 heteroatoms. The van der Waals surface area contributed by atoms with Crippen LogP contribution in [0.2, 0.25) is 5.02 Å². The zero-order valence-corrected chi connectivity index (χ0v) is 15.6. The molecule has 9 nitrogen and oxygen atoms in total. The van der Waals surface area contributed by atoms with Gasteiger partial charge in [-0.1, -0.05) is 17.7 Å². The highest BCUT2D eigenvalue weighted by Crippen LogP contribution is 2.18. The minimum Gasteiger partial charge on any atom is -0.358 e. The van der Waals surface area contributed by atoms with Crippen LogP contribution < -0.4 is 5.32 Å². The number of aromatic nitrogens is 4. The normalized spacial score (nSPS) is 10.8. The lowest BCUT2D eigenvalue weighted by Crippen LogP contribution is -2.16. The minimum atomic E-state index is -0.580. The molecule has 0 fully saturated rings. The number of carbonyl (C=O) groups excluding carboxylic acids is 1. The van der Waals surface area contributed by atoms with Crippen LogP contribution in [0.15, 0.2) is 36.5 Å². The third-order valence-corrected chi connectivity index (χ3v) is 4.31. The molecular formula is C17H16ClFN6O3. The van der Waals surface area contributed by atoms with Crippen molar-refractivity contribution in [1.29, 1.82) is 0 Å². The first-order valence-electron chi connectivity index (χ1n) is 8.28. The van der Waals surface area contributed by atoms with Crippen LogP contribution in [-0.4, -0.2) is 30.4 Å². The van der Waals surface area contributed by atoms with E-state index < -0.39 is 10.7 Å². The molecule has 0 radical (unpaired) electrons. The highest BCUT2D eigenvalue weighted by Gasteiger charge is 2.16. The summed E-state index contributed by atoms with van der Waals surface area (Å²) < 4.78 is 16.1. The average Bonchev–Trinajstić information content (AvgIpc) is 3.22. The van der Waals surface area contributed by atoms with E-state index in [-0.39, 0.29) is 24.7 Å². The molecule has 0 aliphatic carbocycles. The molecule has 0 bridgehead atoms. The fraction of sp³-hybridized carbons (Fsp3) is 0.235. The van der Waals surface area contributed by atoms with Crippen molar-refractivity contribution >= 4 is 29.1 Å². The van der Waals surface area contributed by atoms with Crippen molar-refractivity contribution in [3.8, 4) is 0 Å².